The number of anilines is 1. The maximum absolute atomic E-state index is 6.65. The van der Waals surface area contributed by atoms with Gasteiger partial charge in [0.1, 0.15) is 35.2 Å². The first-order valence-electron chi connectivity index (χ1n) is 11.1. The van der Waals surface area contributed by atoms with Crippen LogP contribution in [0.3, 0.4) is 0 Å². The molecule has 0 aliphatic carbocycles. The average Bonchev–Trinajstić information content (AvgIpc) is 3.26. The molecular formula is C27H24N4O3. The Balaban J connectivity index is 1.59. The van der Waals surface area contributed by atoms with Gasteiger partial charge in [-0.2, -0.15) is 10.1 Å². The van der Waals surface area contributed by atoms with Crippen molar-refractivity contribution >= 4 is 11.6 Å². The van der Waals surface area contributed by atoms with Gasteiger partial charge in [0, 0.05) is 11.1 Å². The van der Waals surface area contributed by atoms with E-state index in [0.29, 0.717) is 11.8 Å². The number of methoxy groups -OCH3 is 2. The summed E-state index contributed by atoms with van der Waals surface area (Å²) in [5.74, 6) is 3.85. The van der Waals surface area contributed by atoms with Crippen molar-refractivity contribution in [2.24, 2.45) is 0 Å². The summed E-state index contributed by atoms with van der Waals surface area (Å²) in [4.78, 5) is 4.67. The van der Waals surface area contributed by atoms with Crippen molar-refractivity contribution in [3.63, 3.8) is 0 Å². The van der Waals surface area contributed by atoms with Crippen LogP contribution in [0.15, 0.2) is 78.4 Å². The van der Waals surface area contributed by atoms with Crippen LogP contribution in [0.1, 0.15) is 34.7 Å². The average molecular weight is 453 g/mol. The van der Waals surface area contributed by atoms with Crippen LogP contribution in [0.25, 0.3) is 5.70 Å². The fourth-order valence-corrected chi connectivity index (χ4v) is 4.74. The lowest BCUT2D eigenvalue weighted by atomic mass is 9.84. The van der Waals surface area contributed by atoms with E-state index in [2.05, 4.69) is 40.6 Å². The normalized spacial score (nSPS) is 18.2. The summed E-state index contributed by atoms with van der Waals surface area (Å²) in [6.07, 6.45) is -0.326. The molecule has 0 unspecified atom stereocenters. The first-order valence-corrected chi connectivity index (χ1v) is 11.1. The van der Waals surface area contributed by atoms with Crippen LogP contribution < -0.4 is 19.5 Å². The molecule has 1 N–H and O–H groups in total. The number of fused-ring (bicyclic) bond motifs is 3. The number of hydrogen-bond acceptors (Lipinski definition) is 6. The Kier molecular flexibility index (Phi) is 4.76. The van der Waals surface area contributed by atoms with Gasteiger partial charge < -0.3 is 19.5 Å². The smallest absolute Gasteiger partial charge is 0.226 e. The van der Waals surface area contributed by atoms with Crippen molar-refractivity contribution in [3.8, 4) is 17.2 Å². The highest BCUT2D eigenvalue weighted by molar-refractivity contribution is 5.85. The van der Waals surface area contributed by atoms with Crippen LogP contribution in [0.5, 0.6) is 17.2 Å². The number of nitrogens with one attached hydrogen (secondary N) is 1. The molecular weight excluding hydrogens is 428 g/mol. The molecule has 0 saturated heterocycles. The lowest BCUT2D eigenvalue weighted by molar-refractivity contribution is 0.223. The quantitative estimate of drug-likeness (QED) is 0.461. The maximum atomic E-state index is 6.65. The summed E-state index contributed by atoms with van der Waals surface area (Å²) in [6, 6.07) is 24.0. The van der Waals surface area contributed by atoms with Gasteiger partial charge in [-0.05, 0) is 54.4 Å². The minimum absolute atomic E-state index is 0.209. The molecule has 2 atom stereocenters. The molecule has 3 heterocycles. The summed E-state index contributed by atoms with van der Waals surface area (Å²) in [6.45, 7) is 1.91. The summed E-state index contributed by atoms with van der Waals surface area (Å²) in [5, 5.41) is 8.32. The molecule has 6 rings (SSSR count). The third-order valence-corrected chi connectivity index (χ3v) is 6.34. The Morgan fingerprint density at radius 1 is 0.853 bits per heavy atom. The standard InChI is InChI=1S/C27H24N4O3/c1-16-28-27-29-24-21-6-4-5-7-22(21)34-26(18-10-14-20(33-3)15-11-18)23(24)25(31(27)30-16)17-8-12-19(32-2)13-9-17/h4-15,25-26H,1-3H3,(H,28,29,30)/t25-,26+/m0/s1. The second-order valence-corrected chi connectivity index (χ2v) is 8.33. The third kappa shape index (κ3) is 3.20. The minimum atomic E-state index is -0.326. The highest BCUT2D eigenvalue weighted by Crippen LogP contribution is 2.50. The van der Waals surface area contributed by atoms with Crippen LogP contribution in [0.4, 0.5) is 5.95 Å². The molecule has 0 saturated carbocycles. The van der Waals surface area contributed by atoms with E-state index < -0.39 is 0 Å². The van der Waals surface area contributed by atoms with E-state index in [9.17, 15) is 0 Å². The molecule has 3 aromatic carbocycles. The van der Waals surface area contributed by atoms with E-state index in [0.717, 1.165) is 45.2 Å². The predicted molar refractivity (Wildman–Crippen MR) is 129 cm³/mol. The molecule has 2 aliphatic rings. The molecule has 7 nitrogen and oxygen atoms in total. The second kappa shape index (κ2) is 7.95. The highest BCUT2D eigenvalue weighted by Gasteiger charge is 2.41. The summed E-state index contributed by atoms with van der Waals surface area (Å²) >= 11 is 0. The number of rotatable bonds is 4. The fourth-order valence-electron chi connectivity index (χ4n) is 4.74. The summed E-state index contributed by atoms with van der Waals surface area (Å²) < 4.78 is 19.4. The monoisotopic (exact) mass is 452 g/mol. The topological polar surface area (TPSA) is 70.4 Å². The molecule has 0 bridgehead atoms. The molecule has 2 aliphatic heterocycles. The summed E-state index contributed by atoms with van der Waals surface area (Å²) in [7, 11) is 3.34. The zero-order valence-electron chi connectivity index (χ0n) is 19.1. The molecule has 0 amide bonds. The maximum Gasteiger partial charge on any atom is 0.226 e. The first kappa shape index (κ1) is 20.4. The van der Waals surface area contributed by atoms with Crippen molar-refractivity contribution in [1.29, 1.82) is 0 Å². The van der Waals surface area contributed by atoms with Gasteiger partial charge in [0.05, 0.1) is 19.9 Å². The van der Waals surface area contributed by atoms with Crippen molar-refractivity contribution in [2.45, 2.75) is 19.1 Å². The Hall–Kier alpha value is -4.26. The van der Waals surface area contributed by atoms with Gasteiger partial charge in [-0.1, -0.05) is 36.4 Å². The Morgan fingerprint density at radius 3 is 2.18 bits per heavy atom. The molecule has 7 heteroatoms. The van der Waals surface area contributed by atoms with Crippen molar-refractivity contribution in [1.82, 2.24) is 14.8 Å². The van der Waals surface area contributed by atoms with Gasteiger partial charge >= 0.3 is 0 Å². The number of hydrogen-bond donors (Lipinski definition) is 1. The van der Waals surface area contributed by atoms with Crippen molar-refractivity contribution < 1.29 is 14.2 Å². The van der Waals surface area contributed by atoms with Crippen molar-refractivity contribution in [3.05, 3.63) is 101 Å². The third-order valence-electron chi connectivity index (χ3n) is 6.34. The van der Waals surface area contributed by atoms with Gasteiger partial charge in [0.2, 0.25) is 5.95 Å². The molecule has 0 spiro atoms. The van der Waals surface area contributed by atoms with Gasteiger partial charge in [0.15, 0.2) is 0 Å². The second-order valence-electron chi connectivity index (χ2n) is 8.33. The fraction of sp³-hybridized carbons (Fsp3) is 0.185. The van der Waals surface area contributed by atoms with Gasteiger partial charge in [0.25, 0.3) is 0 Å². The number of para-hydroxylation sites is 1. The predicted octanol–water partition coefficient (Wildman–Crippen LogP) is 5.16. The molecule has 1 aromatic heterocycles. The van der Waals surface area contributed by atoms with Crippen LogP contribution in [0.2, 0.25) is 0 Å². The molecule has 4 aromatic rings. The number of ether oxygens (including phenoxy) is 3. The molecule has 170 valence electrons. The van der Waals surface area contributed by atoms with E-state index >= 15 is 0 Å². The van der Waals surface area contributed by atoms with E-state index in [4.69, 9.17) is 19.3 Å². The zero-order valence-corrected chi connectivity index (χ0v) is 19.1. The number of benzene rings is 3. The molecule has 0 fully saturated rings. The van der Waals surface area contributed by atoms with Gasteiger partial charge in [-0.3, -0.25) is 0 Å². The van der Waals surface area contributed by atoms with E-state index in [1.54, 1.807) is 14.2 Å². The number of aromatic nitrogens is 3. The lowest BCUT2D eigenvalue weighted by Crippen LogP contribution is -2.32. The number of nitrogens with zero attached hydrogens (tertiary/aromatic N) is 3. The highest BCUT2D eigenvalue weighted by atomic mass is 16.5. The van der Waals surface area contributed by atoms with Crippen LogP contribution >= 0.6 is 0 Å². The minimum Gasteiger partial charge on any atom is -0.497 e. The van der Waals surface area contributed by atoms with E-state index in [1.165, 1.54) is 0 Å². The summed E-state index contributed by atoms with van der Waals surface area (Å²) in [5.41, 5.74) is 5.19. The van der Waals surface area contributed by atoms with E-state index in [1.807, 2.05) is 54.1 Å². The van der Waals surface area contributed by atoms with Crippen LogP contribution in [-0.2, 0) is 0 Å². The Bertz CT molecular complexity index is 1390. The van der Waals surface area contributed by atoms with Crippen LogP contribution in [0, 0.1) is 6.92 Å². The Morgan fingerprint density at radius 2 is 1.50 bits per heavy atom. The molecule has 0 radical (unpaired) electrons. The number of aryl methyl sites for hydroxylation is 1. The van der Waals surface area contributed by atoms with Gasteiger partial charge in [-0.25, -0.2) is 4.68 Å². The van der Waals surface area contributed by atoms with Crippen molar-refractivity contribution in [2.75, 3.05) is 19.5 Å². The largest absolute Gasteiger partial charge is 0.497 e. The lowest BCUT2D eigenvalue weighted by Gasteiger charge is -2.39. The van der Waals surface area contributed by atoms with Gasteiger partial charge in [-0.15, -0.1) is 0 Å². The van der Waals surface area contributed by atoms with E-state index in [-0.39, 0.29) is 12.1 Å². The SMILES string of the molecule is COc1ccc([C@H]2C3=C(Nc4nc(C)nn42)c2ccccc2O[C@@H]3c2ccc(OC)cc2)cc1. The first-order chi connectivity index (χ1) is 16.7. The molecule has 34 heavy (non-hydrogen) atoms. The van der Waals surface area contributed by atoms with Crippen LogP contribution in [-0.4, -0.2) is 29.0 Å². The Labute approximate surface area is 197 Å². The zero-order chi connectivity index (χ0) is 23.2.